The van der Waals surface area contributed by atoms with Gasteiger partial charge in [-0.2, -0.15) is 0 Å². The fourth-order valence-corrected chi connectivity index (χ4v) is 11.6. The van der Waals surface area contributed by atoms with Crippen molar-refractivity contribution in [3.63, 3.8) is 0 Å². The first-order valence-corrected chi connectivity index (χ1v) is 20.4. The number of hydrogen-bond donors (Lipinski definition) is 0. The van der Waals surface area contributed by atoms with E-state index in [4.69, 9.17) is 4.74 Å². The molecular formula is C42H57N2O2P. The van der Waals surface area contributed by atoms with Crippen LogP contribution in [0.3, 0.4) is 0 Å². The summed E-state index contributed by atoms with van der Waals surface area (Å²) < 4.78 is 8.04. The molecule has 1 heterocycles. The number of carbonyl (C=O) groups is 1. The van der Waals surface area contributed by atoms with Gasteiger partial charge in [-0.25, -0.2) is 4.98 Å². The fraction of sp³-hybridized carbons (Fsp3) is 0.429. The predicted octanol–water partition coefficient (Wildman–Crippen LogP) is 9.73. The number of unbranched alkanes of at least 4 members (excludes halogenated alkanes) is 8. The second-order valence-electron chi connectivity index (χ2n) is 12.9. The minimum absolute atomic E-state index is 0.0542. The van der Waals surface area contributed by atoms with Crippen LogP contribution >= 0.6 is 7.26 Å². The molecule has 4 aromatic rings. The number of ether oxygens (including phenoxy) is 1. The number of imidazole rings is 1. The Balaban J connectivity index is 1.13. The molecule has 1 unspecified atom stereocenters. The topological polar surface area (TPSA) is 44.1 Å². The molecule has 4 rings (SSSR count). The van der Waals surface area contributed by atoms with E-state index in [9.17, 15) is 4.79 Å². The fourth-order valence-electron chi connectivity index (χ4n) is 6.81. The Bertz CT molecular complexity index is 1290. The van der Waals surface area contributed by atoms with Gasteiger partial charge < -0.3 is 4.57 Å². The maximum Gasteiger partial charge on any atom is 0.0948 e. The molecule has 0 saturated heterocycles. The molecule has 0 radical (unpaired) electrons. The van der Waals surface area contributed by atoms with Gasteiger partial charge >= 0.3 is 194 Å². The van der Waals surface area contributed by atoms with Crippen LogP contribution in [-0.4, -0.2) is 28.3 Å². The number of esters is 1. The smallest absolute Gasteiger partial charge is 0.0948 e. The molecule has 3 aromatic carbocycles. The maximum absolute atomic E-state index is 12.6. The zero-order chi connectivity index (χ0) is 32.8. The molecular weight excluding hydrogens is 595 g/mol. The first-order valence-electron chi connectivity index (χ1n) is 18.2. The maximum atomic E-state index is 12.6. The summed E-state index contributed by atoms with van der Waals surface area (Å²) in [5.74, 6) is -0.0542. The molecule has 1 atom stereocenters. The summed E-state index contributed by atoms with van der Waals surface area (Å²) in [6.07, 6.45) is 27.3. The molecule has 0 bridgehead atoms. The zero-order valence-corrected chi connectivity index (χ0v) is 29.6. The van der Waals surface area contributed by atoms with Crippen LogP contribution in [0.25, 0.3) is 0 Å². The third-order valence-corrected chi connectivity index (χ3v) is 14.5. The number of hydrogen-bond acceptors (Lipinski definition) is 3. The summed E-state index contributed by atoms with van der Waals surface area (Å²) in [5.41, 5.74) is 0. The van der Waals surface area contributed by atoms with Crippen LogP contribution in [-0.2, 0) is 9.53 Å². The molecule has 0 aliphatic rings. The third kappa shape index (κ3) is 11.9. The van der Waals surface area contributed by atoms with Gasteiger partial charge in [-0.05, 0) is 12.8 Å². The molecule has 0 amide bonds. The Morgan fingerprint density at radius 3 is 1.94 bits per heavy atom. The normalized spacial score (nSPS) is 12.7. The summed E-state index contributed by atoms with van der Waals surface area (Å²) in [7, 11) is -2.28. The standard InChI is InChI=1S/C42H57N2O2P/c1-2-3-4-14-24-38(44-34-33-43-37-44)25-15-9-7-5-6-8-10-22-32-42(45)46-35-23-36-47(39-26-16-11-17-27-39,40-28-18-12-19-29-40)41-30-20-13-21-31-41/h9,11-13,15-21,26-31,33-34,37-38,47H,2-8,10,14,22-25,32,35-36H2,1H3/b15-9-. The van der Waals surface area contributed by atoms with Gasteiger partial charge in [-0.15, -0.1) is 0 Å². The molecule has 0 N–H and O–H groups in total. The molecule has 0 aliphatic heterocycles. The van der Waals surface area contributed by atoms with Gasteiger partial charge in [0.15, 0.2) is 0 Å². The van der Waals surface area contributed by atoms with Crippen LogP contribution in [0.1, 0.15) is 103 Å². The van der Waals surface area contributed by atoms with Crippen LogP contribution in [0.4, 0.5) is 0 Å². The number of benzene rings is 3. The van der Waals surface area contributed by atoms with Crippen molar-refractivity contribution in [3.8, 4) is 0 Å². The van der Waals surface area contributed by atoms with E-state index < -0.39 is 7.26 Å². The second-order valence-corrected chi connectivity index (χ2v) is 16.9. The summed E-state index contributed by atoms with van der Waals surface area (Å²) in [4.78, 5) is 16.9. The molecule has 1 aromatic heterocycles. The summed E-state index contributed by atoms with van der Waals surface area (Å²) >= 11 is 0. The largest absolute Gasteiger partial charge is 0.334 e. The quantitative estimate of drug-likeness (QED) is 0.0347. The van der Waals surface area contributed by atoms with Gasteiger partial charge in [0.05, 0.1) is 6.33 Å². The average Bonchev–Trinajstić information content (AvgIpc) is 3.66. The van der Waals surface area contributed by atoms with E-state index in [-0.39, 0.29) is 5.97 Å². The number of rotatable bonds is 23. The minimum atomic E-state index is -2.28. The first-order chi connectivity index (χ1) is 23.2. The summed E-state index contributed by atoms with van der Waals surface area (Å²) in [5, 5.41) is 4.20. The van der Waals surface area contributed by atoms with Crippen molar-refractivity contribution in [2.45, 2.75) is 103 Å². The number of allylic oxidation sites excluding steroid dienone is 2. The Morgan fingerprint density at radius 2 is 1.34 bits per heavy atom. The monoisotopic (exact) mass is 652 g/mol. The third-order valence-electron chi connectivity index (χ3n) is 9.42. The van der Waals surface area contributed by atoms with Crippen LogP contribution in [0.15, 0.2) is 122 Å². The van der Waals surface area contributed by atoms with E-state index in [0.29, 0.717) is 19.1 Å². The van der Waals surface area contributed by atoms with Gasteiger partial charge in [0, 0.05) is 18.4 Å². The van der Waals surface area contributed by atoms with E-state index in [1.165, 1.54) is 67.3 Å². The van der Waals surface area contributed by atoms with Crippen LogP contribution in [0.5, 0.6) is 0 Å². The van der Waals surface area contributed by atoms with Gasteiger partial charge in [0.2, 0.25) is 0 Å². The van der Waals surface area contributed by atoms with Crippen LogP contribution in [0.2, 0.25) is 0 Å². The summed E-state index contributed by atoms with van der Waals surface area (Å²) in [6, 6.07) is 33.4. The Kier molecular flexibility index (Phi) is 16.5. The average molecular weight is 653 g/mol. The van der Waals surface area contributed by atoms with Gasteiger partial charge in [-0.1, -0.05) is 44.8 Å². The molecule has 5 heteroatoms. The van der Waals surface area contributed by atoms with Gasteiger partial charge in [-0.3, -0.25) is 0 Å². The molecule has 0 fully saturated rings. The van der Waals surface area contributed by atoms with E-state index in [1.807, 2.05) is 12.5 Å². The van der Waals surface area contributed by atoms with Crippen LogP contribution < -0.4 is 15.9 Å². The molecule has 47 heavy (non-hydrogen) atoms. The molecule has 0 saturated carbocycles. The first kappa shape index (κ1) is 36.3. The SMILES string of the molecule is CCCCCCC(C/C=C\CCCCCCCC(=O)OCCC[PH](c1ccccc1)(c1ccccc1)c1ccccc1)n1ccnc1. The van der Waals surface area contributed by atoms with E-state index in [0.717, 1.165) is 38.3 Å². The number of nitrogens with zero attached hydrogens (tertiary/aromatic N) is 2. The number of carbonyl (C=O) groups excluding carboxylic acids is 1. The number of aromatic nitrogens is 2. The van der Waals surface area contributed by atoms with Crippen molar-refractivity contribution in [1.82, 2.24) is 9.55 Å². The van der Waals surface area contributed by atoms with E-state index in [1.54, 1.807) is 0 Å². The van der Waals surface area contributed by atoms with E-state index in [2.05, 4.69) is 126 Å². The predicted molar refractivity (Wildman–Crippen MR) is 203 cm³/mol. The second kappa shape index (κ2) is 21.4. The molecule has 252 valence electrons. The molecule has 4 nitrogen and oxygen atoms in total. The van der Waals surface area contributed by atoms with Crippen molar-refractivity contribution in [3.05, 3.63) is 122 Å². The van der Waals surface area contributed by atoms with Crippen molar-refractivity contribution in [1.29, 1.82) is 0 Å². The van der Waals surface area contributed by atoms with Gasteiger partial charge in [0.1, 0.15) is 0 Å². The summed E-state index contributed by atoms with van der Waals surface area (Å²) in [6.45, 7) is 2.75. The van der Waals surface area contributed by atoms with E-state index >= 15 is 0 Å². The Hall–Kier alpha value is -3.49. The zero-order valence-electron chi connectivity index (χ0n) is 28.6. The van der Waals surface area contributed by atoms with Gasteiger partial charge in [0.25, 0.3) is 0 Å². The van der Waals surface area contributed by atoms with Crippen LogP contribution in [0, 0.1) is 0 Å². The van der Waals surface area contributed by atoms with Crippen molar-refractivity contribution >= 4 is 29.1 Å². The Labute approximate surface area is 285 Å². The molecule has 0 aliphatic carbocycles. The van der Waals surface area contributed by atoms with Crippen molar-refractivity contribution in [2.24, 2.45) is 0 Å². The van der Waals surface area contributed by atoms with Crippen molar-refractivity contribution < 1.29 is 9.53 Å². The minimum Gasteiger partial charge on any atom is -0.334 e. The molecule has 0 spiro atoms. The van der Waals surface area contributed by atoms with Crippen molar-refractivity contribution in [2.75, 3.05) is 12.8 Å². The Morgan fingerprint density at radius 1 is 0.745 bits per heavy atom.